The van der Waals surface area contributed by atoms with Crippen molar-refractivity contribution in [1.82, 2.24) is 0 Å². The Hall–Kier alpha value is -4.16. The van der Waals surface area contributed by atoms with E-state index >= 15 is 0 Å². The summed E-state index contributed by atoms with van der Waals surface area (Å²) in [6, 6.07) is 4.67. The summed E-state index contributed by atoms with van der Waals surface area (Å²) in [6.45, 7) is 28.4. The topological polar surface area (TPSA) is 224 Å². The Kier molecular flexibility index (Phi) is 21.1. The van der Waals surface area contributed by atoms with E-state index in [-0.39, 0.29) is 89.6 Å². The van der Waals surface area contributed by atoms with Crippen LogP contribution in [0.25, 0.3) is 0 Å². The third-order valence-corrected chi connectivity index (χ3v) is 24.0. The lowest BCUT2D eigenvalue weighted by Crippen LogP contribution is -2.58. The van der Waals surface area contributed by atoms with Gasteiger partial charge in [0.25, 0.3) is 0 Å². The zero-order valence-corrected chi connectivity index (χ0v) is 53.9. The molecule has 3 saturated heterocycles. The predicted octanol–water partition coefficient (Wildman–Crippen LogP) is 11.1. The first-order chi connectivity index (χ1) is 38.8. The minimum Gasteiger partial charge on any atom is -0.748 e. The van der Waals surface area contributed by atoms with Crippen LogP contribution in [0, 0.1) is 89.3 Å². The minimum atomic E-state index is -4.30. The second-order valence-electron chi connectivity index (χ2n) is 27.9. The second kappa shape index (κ2) is 26.4. The van der Waals surface area contributed by atoms with Gasteiger partial charge in [-0.2, -0.15) is 0 Å². The van der Waals surface area contributed by atoms with Crippen LogP contribution in [-0.4, -0.2) is 110 Å². The maximum Gasteiger partial charge on any atom is 0.333 e. The van der Waals surface area contributed by atoms with Crippen LogP contribution in [0.15, 0.2) is 29.2 Å². The number of aryl methyl sites for hydroxylation is 2. The number of ether oxygens (including phenoxy) is 7. The van der Waals surface area contributed by atoms with Crippen molar-refractivity contribution in [2.24, 2.45) is 75.4 Å². The predicted molar refractivity (Wildman–Crippen MR) is 315 cm³/mol. The van der Waals surface area contributed by atoms with Crippen LogP contribution < -0.4 is 4.74 Å². The lowest BCUT2D eigenvalue weighted by Gasteiger charge is -2.59. The maximum absolute atomic E-state index is 12.5. The van der Waals surface area contributed by atoms with Gasteiger partial charge in [0.15, 0.2) is 4.90 Å². The number of carbonyl (C=O) groups is 6. The van der Waals surface area contributed by atoms with Crippen molar-refractivity contribution >= 4 is 56.8 Å². The smallest absolute Gasteiger partial charge is 0.333 e. The summed E-state index contributed by atoms with van der Waals surface area (Å²) in [4.78, 5) is 72.0. The standard InChI is InChI=1S/C17H28O2.C14H20O4.C14H21OS.C12H14O4.C8H16O5S/c1-5-16(2,3)15(18)19-17(4)13-7-11-6-12(9-13)10-14(17)8-11;1-4-14(2,3)13(16)18-10-7-5-8-9(6-7)12(15)17-11(8)10;1-11-9-13(10-12(2)14(11)15-3)16-7-5-4-6-8-16;1-5(2)11(13)15-9-6-3-7-8(4-6)12(14)16-10(7)9;1-4-8(2,3)7(9)13-5-6-14(10,11)12/h11-14H,5-10H2,1-4H3;7-11H,4-6H2,1-3H3;9-10H,4-8H2,1-3H3;6-10H,1,3-4H2,2H3;4-6H2,1-3H3,(H,10,11,12)/q;;+1;;/p-1. The van der Waals surface area contributed by atoms with Gasteiger partial charge in [0.1, 0.15) is 53.9 Å². The number of methoxy groups -OCH3 is 1. The zero-order chi connectivity index (χ0) is 61.3. The molecule has 11 fully saturated rings. The molecular weight excluding hydrogens is 1100 g/mol. The van der Waals surface area contributed by atoms with Gasteiger partial charge in [-0.25, -0.2) is 13.2 Å². The SMILES string of the molecule is C=C(C)C(=O)OC1C2CC3C(=O)OC1C3C2.CCC(C)(C)C(=O)OC1(C)C2CC3CC(C2)CC1C3.CCC(C)(C)C(=O)OC1C2CC3C(=O)OC1C3C2.CCC(C)(C)C(=O)OCCS(=O)(=O)[O-].COc1c(C)cc([S+]2CCCCC2)cc1C. The van der Waals surface area contributed by atoms with Crippen molar-refractivity contribution in [1.29, 1.82) is 0 Å². The summed E-state index contributed by atoms with van der Waals surface area (Å²) >= 11 is 0. The molecule has 18 heteroatoms. The molecule has 16 nitrogen and oxygen atoms in total. The Bertz CT molecular complexity index is 2620. The highest BCUT2D eigenvalue weighted by Crippen LogP contribution is 2.60. The number of rotatable bonds is 15. The quantitative estimate of drug-likeness (QED) is 0.0523. The maximum atomic E-state index is 12.5. The molecule has 1 aromatic rings. The lowest BCUT2D eigenvalue weighted by atomic mass is 9.50. The van der Waals surface area contributed by atoms with E-state index in [0.29, 0.717) is 52.5 Å². The fourth-order valence-corrected chi connectivity index (χ4v) is 17.3. The number of esters is 6. The summed E-state index contributed by atoms with van der Waals surface area (Å²) in [6.07, 6.45) is 15.8. The highest BCUT2D eigenvalue weighted by Gasteiger charge is 2.65. The molecule has 12 rings (SSSR count). The van der Waals surface area contributed by atoms with Crippen LogP contribution in [-0.2, 0) is 78.2 Å². The molecule has 1 aromatic carbocycles. The lowest BCUT2D eigenvalue weighted by molar-refractivity contribution is -0.211. The van der Waals surface area contributed by atoms with Crippen LogP contribution in [0.4, 0.5) is 0 Å². The molecule has 0 N–H and O–H groups in total. The average molecular weight is 1200 g/mol. The second-order valence-corrected chi connectivity index (χ2v) is 31.7. The molecule has 0 spiro atoms. The van der Waals surface area contributed by atoms with Crippen molar-refractivity contribution < 1.29 is 74.9 Å². The molecule has 8 bridgehead atoms. The van der Waals surface area contributed by atoms with Crippen LogP contribution in [0.1, 0.15) is 184 Å². The molecule has 83 heavy (non-hydrogen) atoms. The first-order valence-electron chi connectivity index (χ1n) is 30.9. The largest absolute Gasteiger partial charge is 0.748 e. The number of benzene rings is 1. The zero-order valence-electron chi connectivity index (χ0n) is 52.2. The van der Waals surface area contributed by atoms with E-state index < -0.39 is 32.7 Å². The van der Waals surface area contributed by atoms with E-state index in [4.69, 9.17) is 28.4 Å². The molecule has 0 amide bonds. The van der Waals surface area contributed by atoms with Gasteiger partial charge < -0.3 is 37.7 Å². The van der Waals surface area contributed by atoms with Gasteiger partial charge in [-0.3, -0.25) is 24.0 Å². The van der Waals surface area contributed by atoms with Crippen molar-refractivity contribution in [2.45, 2.75) is 221 Å². The Morgan fingerprint density at radius 3 is 1.57 bits per heavy atom. The molecule has 8 saturated carbocycles. The molecule has 8 aliphatic carbocycles. The van der Waals surface area contributed by atoms with Gasteiger partial charge in [0.05, 0.1) is 51.1 Å². The molecule has 10 unspecified atom stereocenters. The van der Waals surface area contributed by atoms with E-state index in [1.54, 1.807) is 32.8 Å². The highest BCUT2D eigenvalue weighted by atomic mass is 32.2. The van der Waals surface area contributed by atoms with Crippen molar-refractivity contribution in [3.63, 3.8) is 0 Å². The summed E-state index contributed by atoms with van der Waals surface area (Å²) in [7, 11) is -2.03. The normalized spacial score (nSPS) is 32.9. The van der Waals surface area contributed by atoms with E-state index in [2.05, 4.69) is 51.1 Å². The fourth-order valence-electron chi connectivity index (χ4n) is 14.6. The van der Waals surface area contributed by atoms with Gasteiger partial charge >= 0.3 is 35.8 Å². The Balaban J connectivity index is 0.000000150. The van der Waals surface area contributed by atoms with Gasteiger partial charge in [-0.15, -0.1) is 0 Å². The summed E-state index contributed by atoms with van der Waals surface area (Å²) in [5.41, 5.74) is 1.38. The van der Waals surface area contributed by atoms with Crippen LogP contribution in [0.3, 0.4) is 0 Å². The van der Waals surface area contributed by atoms with Gasteiger partial charge in [0.2, 0.25) is 0 Å². The Labute approximate surface area is 498 Å². The third-order valence-electron chi connectivity index (χ3n) is 20.9. The minimum absolute atomic E-state index is 0.0185. The van der Waals surface area contributed by atoms with Crippen LogP contribution in [0.2, 0.25) is 0 Å². The van der Waals surface area contributed by atoms with Crippen molar-refractivity contribution in [3.8, 4) is 5.75 Å². The average Bonchev–Trinajstić information content (AvgIpc) is 2.11. The molecule has 0 radical (unpaired) electrons. The van der Waals surface area contributed by atoms with Gasteiger partial charge in [-0.1, -0.05) is 27.4 Å². The third kappa shape index (κ3) is 15.0. The van der Waals surface area contributed by atoms with E-state index in [1.807, 2.05) is 41.5 Å². The van der Waals surface area contributed by atoms with E-state index in [9.17, 15) is 41.7 Å². The first kappa shape index (κ1) is 66.4. The number of hydrogen-bond donors (Lipinski definition) is 0. The van der Waals surface area contributed by atoms with E-state index in [1.165, 1.54) is 74.0 Å². The number of fused-ring (bicyclic) bond motifs is 2. The number of hydrogen-bond acceptors (Lipinski definition) is 16. The fraction of sp³-hybridized carbons (Fsp3) is 0.785. The van der Waals surface area contributed by atoms with Crippen molar-refractivity contribution in [3.05, 3.63) is 35.4 Å². The highest BCUT2D eigenvalue weighted by molar-refractivity contribution is 7.97. The molecule has 0 aromatic heterocycles. The number of carbonyl (C=O) groups excluding carboxylic acids is 6. The first-order valence-corrected chi connectivity index (χ1v) is 34.1. The van der Waals surface area contributed by atoms with Gasteiger partial charge in [-0.05, 0) is 212 Å². The summed E-state index contributed by atoms with van der Waals surface area (Å²) in [5, 5.41) is 0. The molecule has 3 aliphatic heterocycles. The van der Waals surface area contributed by atoms with Crippen LogP contribution >= 0.6 is 0 Å². The Morgan fingerprint density at radius 1 is 0.687 bits per heavy atom. The molecule has 10 atom stereocenters. The van der Waals surface area contributed by atoms with Crippen LogP contribution in [0.5, 0.6) is 5.75 Å². The Morgan fingerprint density at radius 2 is 1.13 bits per heavy atom. The van der Waals surface area contributed by atoms with Gasteiger partial charge in [0, 0.05) is 40.1 Å². The van der Waals surface area contributed by atoms with E-state index in [0.717, 1.165) is 56.1 Å². The molecule has 466 valence electrons. The molecule has 3 heterocycles. The van der Waals surface area contributed by atoms with Crippen molar-refractivity contribution in [2.75, 3.05) is 31.0 Å². The monoisotopic (exact) mass is 1200 g/mol. The molecular formula is C65H98O16S2. The summed E-state index contributed by atoms with van der Waals surface area (Å²) < 4.78 is 68.5. The summed E-state index contributed by atoms with van der Waals surface area (Å²) in [5.74, 6) is 6.43. The molecule has 11 aliphatic rings.